The summed E-state index contributed by atoms with van der Waals surface area (Å²) in [5.41, 5.74) is 0. The Kier molecular flexibility index (Phi) is 4.36. The number of fused-ring (bicyclic) bond motifs is 2. The van der Waals surface area contributed by atoms with E-state index in [-0.39, 0.29) is 11.9 Å². The second kappa shape index (κ2) is 5.80. The predicted octanol–water partition coefficient (Wildman–Crippen LogP) is 0.0470. The van der Waals surface area contributed by atoms with Crippen LogP contribution in [0.4, 0.5) is 0 Å². The van der Waals surface area contributed by atoms with Crippen molar-refractivity contribution in [3.63, 3.8) is 0 Å². The summed E-state index contributed by atoms with van der Waals surface area (Å²) in [5.74, 6) is 0.0322. The lowest BCUT2D eigenvalue weighted by molar-refractivity contribution is -0.123. The minimum absolute atomic E-state index is 0.0322. The molecular formula is C12H22N2O3. The number of rotatable bonds is 6. The van der Waals surface area contributed by atoms with E-state index in [0.717, 1.165) is 12.8 Å². The Hall–Kier alpha value is -0.650. The standard InChI is InChI=1S/C12H22N2O3/c1-8(12(15)13-5-6-16-2)14-10-7-9-3-4-11(10)17-9/h8-11,14H,3-7H2,1-2H3,(H,13,15). The van der Waals surface area contributed by atoms with Crippen molar-refractivity contribution in [3.8, 4) is 0 Å². The fraction of sp³-hybridized carbons (Fsp3) is 0.917. The smallest absolute Gasteiger partial charge is 0.236 e. The van der Waals surface area contributed by atoms with Crippen molar-refractivity contribution in [3.05, 3.63) is 0 Å². The van der Waals surface area contributed by atoms with Crippen molar-refractivity contribution >= 4 is 5.91 Å². The Labute approximate surface area is 102 Å². The molecule has 0 aromatic rings. The Morgan fingerprint density at radius 2 is 2.35 bits per heavy atom. The van der Waals surface area contributed by atoms with E-state index >= 15 is 0 Å². The van der Waals surface area contributed by atoms with Gasteiger partial charge < -0.3 is 20.1 Å². The summed E-state index contributed by atoms with van der Waals surface area (Å²) in [6.07, 6.45) is 4.08. The van der Waals surface area contributed by atoms with E-state index in [1.165, 1.54) is 6.42 Å². The van der Waals surface area contributed by atoms with Gasteiger partial charge in [-0.3, -0.25) is 4.79 Å². The van der Waals surface area contributed by atoms with E-state index in [1.807, 2.05) is 6.92 Å². The molecule has 0 aromatic heterocycles. The Morgan fingerprint density at radius 1 is 1.53 bits per heavy atom. The van der Waals surface area contributed by atoms with Gasteiger partial charge >= 0.3 is 0 Å². The minimum Gasteiger partial charge on any atom is -0.383 e. The third-order valence-electron chi connectivity index (χ3n) is 3.57. The van der Waals surface area contributed by atoms with E-state index in [0.29, 0.717) is 31.4 Å². The molecular weight excluding hydrogens is 220 g/mol. The lowest BCUT2D eigenvalue weighted by atomic mass is 9.95. The first-order valence-corrected chi connectivity index (χ1v) is 6.39. The predicted molar refractivity (Wildman–Crippen MR) is 63.8 cm³/mol. The summed E-state index contributed by atoms with van der Waals surface area (Å²) in [5, 5.41) is 6.19. The molecule has 98 valence electrons. The van der Waals surface area contributed by atoms with Crippen LogP contribution in [-0.4, -0.2) is 50.5 Å². The highest BCUT2D eigenvalue weighted by molar-refractivity contribution is 5.81. The number of methoxy groups -OCH3 is 1. The number of carbonyl (C=O) groups excluding carboxylic acids is 1. The maximum absolute atomic E-state index is 11.7. The molecule has 4 unspecified atom stereocenters. The normalized spacial score (nSPS) is 32.7. The van der Waals surface area contributed by atoms with Crippen LogP contribution < -0.4 is 10.6 Å². The van der Waals surface area contributed by atoms with Crippen LogP contribution in [0.1, 0.15) is 26.2 Å². The van der Waals surface area contributed by atoms with Crippen LogP contribution in [0.5, 0.6) is 0 Å². The summed E-state index contributed by atoms with van der Waals surface area (Å²) < 4.78 is 10.6. The van der Waals surface area contributed by atoms with Gasteiger partial charge in [0.25, 0.3) is 0 Å². The van der Waals surface area contributed by atoms with E-state index in [2.05, 4.69) is 10.6 Å². The molecule has 2 aliphatic heterocycles. The molecule has 5 nitrogen and oxygen atoms in total. The monoisotopic (exact) mass is 242 g/mol. The largest absolute Gasteiger partial charge is 0.383 e. The van der Waals surface area contributed by atoms with Crippen LogP contribution in [0.3, 0.4) is 0 Å². The first-order chi connectivity index (χ1) is 8.20. The fourth-order valence-corrected chi connectivity index (χ4v) is 2.64. The van der Waals surface area contributed by atoms with Crippen molar-refractivity contribution in [2.45, 2.75) is 50.5 Å². The first kappa shape index (κ1) is 12.8. The van der Waals surface area contributed by atoms with Crippen molar-refractivity contribution in [2.75, 3.05) is 20.3 Å². The van der Waals surface area contributed by atoms with E-state index in [4.69, 9.17) is 9.47 Å². The molecule has 2 rings (SSSR count). The van der Waals surface area contributed by atoms with Crippen LogP contribution in [0.25, 0.3) is 0 Å². The molecule has 0 saturated carbocycles. The number of nitrogens with one attached hydrogen (secondary N) is 2. The van der Waals surface area contributed by atoms with Gasteiger partial charge in [-0.2, -0.15) is 0 Å². The molecule has 17 heavy (non-hydrogen) atoms. The van der Waals surface area contributed by atoms with Crippen LogP contribution in [0, 0.1) is 0 Å². The topological polar surface area (TPSA) is 59.6 Å². The second-order valence-electron chi connectivity index (χ2n) is 4.89. The van der Waals surface area contributed by atoms with Crippen LogP contribution in [0.15, 0.2) is 0 Å². The van der Waals surface area contributed by atoms with Gasteiger partial charge in [-0.1, -0.05) is 0 Å². The zero-order valence-corrected chi connectivity index (χ0v) is 10.6. The van der Waals surface area contributed by atoms with Gasteiger partial charge in [-0.05, 0) is 26.2 Å². The molecule has 4 atom stereocenters. The summed E-state index contributed by atoms with van der Waals surface area (Å²) in [7, 11) is 1.63. The number of amides is 1. The number of ether oxygens (including phenoxy) is 2. The van der Waals surface area contributed by atoms with Gasteiger partial charge in [0.05, 0.1) is 24.9 Å². The summed E-state index contributed by atoms with van der Waals surface area (Å²) in [6, 6.07) is 0.178. The molecule has 2 fully saturated rings. The zero-order valence-electron chi connectivity index (χ0n) is 10.6. The molecule has 2 saturated heterocycles. The van der Waals surface area contributed by atoms with E-state index in [9.17, 15) is 4.79 Å². The highest BCUT2D eigenvalue weighted by Gasteiger charge is 2.41. The fourth-order valence-electron chi connectivity index (χ4n) is 2.64. The Morgan fingerprint density at radius 3 is 2.94 bits per heavy atom. The number of hydrogen-bond donors (Lipinski definition) is 2. The quantitative estimate of drug-likeness (QED) is 0.646. The summed E-state index contributed by atoms with van der Waals surface area (Å²) in [4.78, 5) is 11.7. The van der Waals surface area contributed by atoms with Crippen LogP contribution in [-0.2, 0) is 14.3 Å². The highest BCUT2D eigenvalue weighted by atomic mass is 16.5. The van der Waals surface area contributed by atoms with Gasteiger partial charge in [0.1, 0.15) is 0 Å². The first-order valence-electron chi connectivity index (χ1n) is 6.39. The SMILES string of the molecule is COCCNC(=O)C(C)NC1CC2CCC1O2. The molecule has 2 bridgehead atoms. The maximum Gasteiger partial charge on any atom is 0.236 e. The third-order valence-corrected chi connectivity index (χ3v) is 3.57. The molecule has 2 aliphatic rings. The van der Waals surface area contributed by atoms with Crippen molar-refractivity contribution in [2.24, 2.45) is 0 Å². The molecule has 1 amide bonds. The van der Waals surface area contributed by atoms with Crippen molar-refractivity contribution < 1.29 is 14.3 Å². The molecule has 5 heteroatoms. The third kappa shape index (κ3) is 3.18. The van der Waals surface area contributed by atoms with Crippen LogP contribution in [0.2, 0.25) is 0 Å². The van der Waals surface area contributed by atoms with Gasteiger partial charge in [0.15, 0.2) is 0 Å². The summed E-state index contributed by atoms with van der Waals surface area (Å²) in [6.45, 7) is 3.01. The Balaban J connectivity index is 1.69. The zero-order chi connectivity index (χ0) is 12.3. The van der Waals surface area contributed by atoms with Gasteiger partial charge in [-0.15, -0.1) is 0 Å². The lowest BCUT2D eigenvalue weighted by Gasteiger charge is -2.24. The molecule has 0 spiro atoms. The van der Waals surface area contributed by atoms with Gasteiger partial charge in [0, 0.05) is 19.7 Å². The number of carbonyl (C=O) groups is 1. The highest BCUT2D eigenvalue weighted by Crippen LogP contribution is 2.34. The Bertz CT molecular complexity index is 272. The van der Waals surface area contributed by atoms with E-state index in [1.54, 1.807) is 7.11 Å². The average molecular weight is 242 g/mol. The van der Waals surface area contributed by atoms with E-state index < -0.39 is 0 Å². The minimum atomic E-state index is -0.167. The van der Waals surface area contributed by atoms with Crippen molar-refractivity contribution in [1.29, 1.82) is 0 Å². The molecule has 0 aromatic carbocycles. The van der Waals surface area contributed by atoms with Gasteiger partial charge in [-0.25, -0.2) is 0 Å². The molecule has 2 N–H and O–H groups in total. The molecule has 0 aliphatic carbocycles. The maximum atomic E-state index is 11.7. The molecule has 2 heterocycles. The summed E-state index contributed by atoms with van der Waals surface area (Å²) >= 11 is 0. The van der Waals surface area contributed by atoms with Crippen LogP contribution >= 0.6 is 0 Å². The molecule has 0 radical (unpaired) electrons. The second-order valence-corrected chi connectivity index (χ2v) is 4.89. The number of hydrogen-bond acceptors (Lipinski definition) is 4. The van der Waals surface area contributed by atoms with Gasteiger partial charge in [0.2, 0.25) is 5.91 Å². The lowest BCUT2D eigenvalue weighted by Crippen LogP contribution is -2.50. The van der Waals surface area contributed by atoms with Crippen molar-refractivity contribution in [1.82, 2.24) is 10.6 Å². The average Bonchev–Trinajstić information content (AvgIpc) is 2.91.